The van der Waals surface area contributed by atoms with E-state index in [1.54, 1.807) is 10.7 Å². The van der Waals surface area contributed by atoms with Gasteiger partial charge < -0.3 is 5.32 Å². The first-order valence-electron chi connectivity index (χ1n) is 3.78. The summed E-state index contributed by atoms with van der Waals surface area (Å²) in [5, 5.41) is 7.80. The van der Waals surface area contributed by atoms with E-state index >= 15 is 0 Å². The third kappa shape index (κ3) is 1.33. The van der Waals surface area contributed by atoms with E-state index in [2.05, 4.69) is 20.4 Å². The van der Waals surface area contributed by atoms with Gasteiger partial charge in [-0.05, 0) is 6.26 Å². The first-order valence-corrected chi connectivity index (χ1v) is 5.01. The van der Waals surface area contributed by atoms with E-state index in [0.717, 1.165) is 10.8 Å². The van der Waals surface area contributed by atoms with Gasteiger partial charge in [0.25, 0.3) is 0 Å². The quantitative estimate of drug-likeness (QED) is 0.721. The normalized spacial score (nSPS) is 10.6. The second-order valence-corrected chi connectivity index (χ2v) is 3.16. The fourth-order valence-corrected chi connectivity index (χ4v) is 1.42. The highest BCUT2D eigenvalue weighted by atomic mass is 32.2. The van der Waals surface area contributed by atoms with E-state index in [4.69, 9.17) is 0 Å². The van der Waals surface area contributed by atoms with E-state index < -0.39 is 0 Å². The maximum absolute atomic E-state index is 4.27. The van der Waals surface area contributed by atoms with Gasteiger partial charge in [-0.1, -0.05) is 11.8 Å². The molecule has 0 fully saturated rings. The van der Waals surface area contributed by atoms with Gasteiger partial charge in [0, 0.05) is 13.1 Å². The number of hydrogen-bond acceptors (Lipinski definition) is 5. The fraction of sp³-hybridized carbons (Fsp3) is 0.286. The van der Waals surface area contributed by atoms with Gasteiger partial charge in [0.15, 0.2) is 10.8 Å². The predicted octanol–water partition coefficient (Wildman–Crippen LogP) is 0.888. The number of aromatic nitrogens is 4. The summed E-state index contributed by atoms with van der Waals surface area (Å²) in [5.41, 5.74) is 0.809. The Bertz CT molecular complexity index is 424. The number of anilines is 1. The summed E-state index contributed by atoms with van der Waals surface area (Å²) >= 11 is 1.51. The van der Waals surface area contributed by atoms with Crippen molar-refractivity contribution in [2.75, 3.05) is 18.6 Å². The van der Waals surface area contributed by atoms with E-state index in [1.165, 1.54) is 11.8 Å². The Morgan fingerprint density at radius 2 is 2.31 bits per heavy atom. The SMILES string of the molecule is CNc1nc(SC)nc2ccnn12. The van der Waals surface area contributed by atoms with Crippen LogP contribution < -0.4 is 5.32 Å². The smallest absolute Gasteiger partial charge is 0.228 e. The molecule has 6 heteroatoms. The molecule has 5 nitrogen and oxygen atoms in total. The minimum Gasteiger partial charge on any atom is -0.357 e. The lowest BCUT2D eigenvalue weighted by molar-refractivity contribution is 0.844. The third-order valence-corrected chi connectivity index (χ3v) is 2.19. The van der Waals surface area contributed by atoms with Gasteiger partial charge >= 0.3 is 0 Å². The highest BCUT2D eigenvalue weighted by Gasteiger charge is 2.04. The Morgan fingerprint density at radius 3 is 3.00 bits per heavy atom. The lowest BCUT2D eigenvalue weighted by atomic mass is 10.7. The van der Waals surface area contributed by atoms with Crippen molar-refractivity contribution in [3.8, 4) is 0 Å². The number of nitrogens with zero attached hydrogens (tertiary/aromatic N) is 4. The van der Waals surface area contributed by atoms with Crippen LogP contribution in [0.5, 0.6) is 0 Å². The molecule has 0 aliphatic carbocycles. The molecule has 0 aromatic carbocycles. The second-order valence-electron chi connectivity index (χ2n) is 2.39. The molecule has 2 aromatic rings. The average molecular weight is 195 g/mol. The zero-order valence-corrected chi connectivity index (χ0v) is 8.17. The summed E-state index contributed by atoms with van der Waals surface area (Å²) < 4.78 is 1.67. The van der Waals surface area contributed by atoms with Crippen LogP contribution in [-0.4, -0.2) is 32.9 Å². The highest BCUT2D eigenvalue weighted by Crippen LogP contribution is 2.13. The van der Waals surface area contributed by atoms with Crippen molar-refractivity contribution >= 4 is 23.4 Å². The van der Waals surface area contributed by atoms with Crippen molar-refractivity contribution in [2.24, 2.45) is 0 Å². The Morgan fingerprint density at radius 1 is 1.46 bits per heavy atom. The number of rotatable bonds is 2. The summed E-state index contributed by atoms with van der Waals surface area (Å²) in [7, 11) is 1.81. The Kier molecular flexibility index (Phi) is 2.05. The zero-order valence-electron chi connectivity index (χ0n) is 7.35. The Hall–Kier alpha value is -1.30. The van der Waals surface area contributed by atoms with Gasteiger partial charge in [-0.25, -0.2) is 4.98 Å². The van der Waals surface area contributed by atoms with Gasteiger partial charge in [-0.3, -0.25) is 0 Å². The second kappa shape index (κ2) is 3.21. The minimum atomic E-state index is 0.708. The molecule has 2 rings (SSSR count). The van der Waals surface area contributed by atoms with Crippen LogP contribution in [-0.2, 0) is 0 Å². The average Bonchev–Trinajstić information content (AvgIpc) is 2.63. The molecule has 68 valence electrons. The van der Waals surface area contributed by atoms with Crippen LogP contribution in [0.3, 0.4) is 0 Å². The van der Waals surface area contributed by atoms with Crippen LogP contribution in [0.2, 0.25) is 0 Å². The van der Waals surface area contributed by atoms with Crippen molar-refractivity contribution in [3.63, 3.8) is 0 Å². The molecule has 0 saturated carbocycles. The Labute approximate surface area is 79.6 Å². The highest BCUT2D eigenvalue weighted by molar-refractivity contribution is 7.98. The number of fused-ring (bicyclic) bond motifs is 1. The summed E-state index contributed by atoms with van der Waals surface area (Å²) in [4.78, 5) is 8.53. The molecule has 2 aromatic heterocycles. The molecule has 0 saturated heterocycles. The molecule has 0 bridgehead atoms. The van der Waals surface area contributed by atoms with Crippen molar-refractivity contribution in [3.05, 3.63) is 12.3 Å². The molecule has 0 aliphatic heterocycles. The van der Waals surface area contributed by atoms with E-state index in [0.29, 0.717) is 5.95 Å². The molecule has 13 heavy (non-hydrogen) atoms. The molecule has 0 atom stereocenters. The maximum Gasteiger partial charge on any atom is 0.228 e. The molecular formula is C7H9N5S. The molecule has 0 unspecified atom stereocenters. The van der Waals surface area contributed by atoms with Gasteiger partial charge in [0.2, 0.25) is 5.95 Å². The monoisotopic (exact) mass is 195 g/mol. The van der Waals surface area contributed by atoms with Crippen molar-refractivity contribution in [1.82, 2.24) is 19.6 Å². The van der Waals surface area contributed by atoms with Gasteiger partial charge in [-0.2, -0.15) is 14.6 Å². The van der Waals surface area contributed by atoms with Crippen LogP contribution in [0.25, 0.3) is 5.65 Å². The van der Waals surface area contributed by atoms with Crippen molar-refractivity contribution < 1.29 is 0 Å². The first-order chi connectivity index (χ1) is 6.35. The predicted molar refractivity (Wildman–Crippen MR) is 52.1 cm³/mol. The largest absolute Gasteiger partial charge is 0.357 e. The van der Waals surface area contributed by atoms with Gasteiger partial charge in [0.1, 0.15) is 0 Å². The summed E-state index contributed by atoms with van der Waals surface area (Å²) in [5.74, 6) is 0.708. The summed E-state index contributed by atoms with van der Waals surface area (Å²) in [6.45, 7) is 0. The lowest BCUT2D eigenvalue weighted by Crippen LogP contribution is -2.04. The molecular weight excluding hydrogens is 186 g/mol. The molecule has 2 heterocycles. The van der Waals surface area contributed by atoms with Crippen molar-refractivity contribution in [1.29, 1.82) is 0 Å². The topological polar surface area (TPSA) is 55.1 Å². The molecule has 1 N–H and O–H groups in total. The van der Waals surface area contributed by atoms with Crippen LogP contribution in [0.4, 0.5) is 5.95 Å². The zero-order chi connectivity index (χ0) is 9.26. The molecule has 0 aliphatic rings. The number of hydrogen-bond donors (Lipinski definition) is 1. The van der Waals surface area contributed by atoms with E-state index in [-0.39, 0.29) is 0 Å². The fourth-order valence-electron chi connectivity index (χ4n) is 1.06. The standard InChI is InChI=1S/C7H9N5S/c1-8-6-11-7(13-2)10-5-3-4-9-12(5)6/h3-4H,1-2H3,(H,8,10,11). The number of nitrogens with one attached hydrogen (secondary N) is 1. The lowest BCUT2D eigenvalue weighted by Gasteiger charge is -2.03. The van der Waals surface area contributed by atoms with Crippen LogP contribution in [0, 0.1) is 0 Å². The summed E-state index contributed by atoms with van der Waals surface area (Å²) in [6, 6.07) is 1.85. The van der Waals surface area contributed by atoms with Crippen LogP contribution in [0.15, 0.2) is 17.4 Å². The number of thioether (sulfide) groups is 1. The first kappa shape index (κ1) is 8.31. The van der Waals surface area contributed by atoms with Crippen LogP contribution >= 0.6 is 11.8 Å². The van der Waals surface area contributed by atoms with E-state index in [9.17, 15) is 0 Å². The van der Waals surface area contributed by atoms with Crippen molar-refractivity contribution in [2.45, 2.75) is 5.16 Å². The third-order valence-electron chi connectivity index (χ3n) is 1.64. The van der Waals surface area contributed by atoms with E-state index in [1.807, 2.05) is 19.4 Å². The summed E-state index contributed by atoms with van der Waals surface area (Å²) in [6.07, 6.45) is 3.65. The molecule has 0 radical (unpaired) electrons. The molecule has 0 amide bonds. The maximum atomic E-state index is 4.27. The van der Waals surface area contributed by atoms with Gasteiger partial charge in [0.05, 0.1) is 6.20 Å². The van der Waals surface area contributed by atoms with Crippen LogP contribution in [0.1, 0.15) is 0 Å². The minimum absolute atomic E-state index is 0.708. The molecule has 0 spiro atoms. The Balaban J connectivity index is 2.70. The van der Waals surface area contributed by atoms with Gasteiger partial charge in [-0.15, -0.1) is 0 Å².